The van der Waals surface area contributed by atoms with E-state index in [4.69, 9.17) is 4.74 Å². The van der Waals surface area contributed by atoms with Crippen molar-refractivity contribution >= 4 is 49.8 Å². The first-order valence-corrected chi connectivity index (χ1v) is 12.1. The zero-order valence-corrected chi connectivity index (χ0v) is 18.9. The molecule has 12 heteroatoms. The number of hydrogen-bond acceptors (Lipinski definition) is 9. The van der Waals surface area contributed by atoms with Crippen LogP contribution in [0, 0.1) is 6.92 Å². The first-order chi connectivity index (χ1) is 13.8. The van der Waals surface area contributed by atoms with Crippen LogP contribution in [0.3, 0.4) is 0 Å². The van der Waals surface area contributed by atoms with Gasteiger partial charge in [-0.1, -0.05) is 29.2 Å². The molecule has 1 aromatic heterocycles. The summed E-state index contributed by atoms with van der Waals surface area (Å²) in [5, 5.41) is 11.9. The average molecular weight is 458 g/mol. The minimum atomic E-state index is -3.58. The molecule has 29 heavy (non-hydrogen) atoms. The maximum absolute atomic E-state index is 12.4. The normalized spacial score (nSPS) is 15.0. The van der Waals surface area contributed by atoms with Crippen LogP contribution in [0.15, 0.2) is 27.4 Å². The third-order valence-electron chi connectivity index (χ3n) is 4.23. The molecule has 0 unspecified atom stereocenters. The monoisotopic (exact) mass is 457 g/mol. The highest BCUT2D eigenvalue weighted by Crippen LogP contribution is 2.29. The van der Waals surface area contributed by atoms with Crippen molar-refractivity contribution in [3.63, 3.8) is 0 Å². The summed E-state index contributed by atoms with van der Waals surface area (Å²) in [4.78, 5) is 14.6. The number of ether oxygens (including phenoxy) is 1. The lowest BCUT2D eigenvalue weighted by Crippen LogP contribution is -2.36. The molecule has 1 aliphatic heterocycles. The number of aryl methyl sites for hydroxylation is 1. The molecule has 2 aromatic rings. The quantitative estimate of drug-likeness (QED) is 0.626. The molecular formula is C17H23N5O4S3. The maximum atomic E-state index is 12.4. The number of nitrogens with one attached hydrogen (secondary N) is 1. The van der Waals surface area contributed by atoms with Gasteiger partial charge in [-0.25, -0.2) is 12.7 Å². The molecule has 0 saturated carbocycles. The highest BCUT2D eigenvalue weighted by molar-refractivity contribution is 8.01. The van der Waals surface area contributed by atoms with Gasteiger partial charge in [-0.15, -0.1) is 10.2 Å². The summed E-state index contributed by atoms with van der Waals surface area (Å²) in [6, 6.07) is 4.85. The molecular weight excluding hydrogens is 434 g/mol. The van der Waals surface area contributed by atoms with E-state index in [1.807, 2.05) is 0 Å². The molecule has 1 aliphatic rings. The summed E-state index contributed by atoms with van der Waals surface area (Å²) >= 11 is 2.74. The van der Waals surface area contributed by atoms with Crippen molar-refractivity contribution in [1.29, 1.82) is 0 Å². The Morgan fingerprint density at radius 2 is 2.03 bits per heavy atom. The molecule has 1 amide bonds. The Bertz CT molecular complexity index is 971. The lowest BCUT2D eigenvalue weighted by Gasteiger charge is -2.25. The van der Waals surface area contributed by atoms with Gasteiger partial charge in [0.25, 0.3) is 0 Å². The van der Waals surface area contributed by atoms with Crippen molar-refractivity contribution in [2.24, 2.45) is 0 Å². The van der Waals surface area contributed by atoms with Gasteiger partial charge in [0.2, 0.25) is 21.1 Å². The van der Waals surface area contributed by atoms with Gasteiger partial charge < -0.3 is 15.0 Å². The summed E-state index contributed by atoms with van der Waals surface area (Å²) in [6.07, 6.45) is 0. The van der Waals surface area contributed by atoms with Crippen LogP contribution in [0.1, 0.15) is 5.56 Å². The lowest BCUT2D eigenvalue weighted by atomic mass is 10.2. The fraction of sp³-hybridized carbons (Fsp3) is 0.471. The first-order valence-electron chi connectivity index (χ1n) is 8.89. The topological polar surface area (TPSA) is 105 Å². The molecule has 0 atom stereocenters. The second-order valence-electron chi connectivity index (χ2n) is 6.55. The van der Waals surface area contributed by atoms with Crippen LogP contribution >= 0.6 is 23.1 Å². The minimum Gasteiger partial charge on any atom is -0.378 e. The number of hydrogen-bond donors (Lipinski definition) is 1. The number of aromatic nitrogens is 2. The van der Waals surface area contributed by atoms with E-state index in [9.17, 15) is 13.2 Å². The second-order valence-corrected chi connectivity index (χ2v) is 10.9. The maximum Gasteiger partial charge on any atom is 0.242 e. The fourth-order valence-corrected chi connectivity index (χ4v) is 5.46. The second kappa shape index (κ2) is 9.39. The summed E-state index contributed by atoms with van der Waals surface area (Å²) in [6.45, 7) is 4.63. The number of benzene rings is 1. The number of sulfonamides is 1. The number of rotatable bonds is 7. The predicted molar refractivity (Wildman–Crippen MR) is 114 cm³/mol. The van der Waals surface area contributed by atoms with Gasteiger partial charge in [-0.3, -0.25) is 4.79 Å². The van der Waals surface area contributed by atoms with Crippen LogP contribution in [0.5, 0.6) is 0 Å². The molecule has 0 aliphatic carbocycles. The largest absolute Gasteiger partial charge is 0.378 e. The van der Waals surface area contributed by atoms with Crippen molar-refractivity contribution in [3.8, 4) is 0 Å². The van der Waals surface area contributed by atoms with E-state index in [1.54, 1.807) is 19.1 Å². The Kier molecular flexibility index (Phi) is 7.11. The number of amides is 1. The van der Waals surface area contributed by atoms with Gasteiger partial charge in [0.15, 0.2) is 4.34 Å². The number of nitrogens with zero attached hydrogens (tertiary/aromatic N) is 4. The summed E-state index contributed by atoms with van der Waals surface area (Å²) in [5.74, 6) is -0.0864. The Balaban J connectivity index is 1.59. The van der Waals surface area contributed by atoms with Crippen molar-refractivity contribution < 1.29 is 17.9 Å². The van der Waals surface area contributed by atoms with Crippen LogP contribution in [-0.4, -0.2) is 75.0 Å². The van der Waals surface area contributed by atoms with Crippen LogP contribution in [0.25, 0.3) is 0 Å². The highest BCUT2D eigenvalue weighted by Gasteiger charge is 2.21. The fourth-order valence-electron chi connectivity index (χ4n) is 2.62. The first kappa shape index (κ1) is 22.0. The third kappa shape index (κ3) is 5.45. The van der Waals surface area contributed by atoms with E-state index in [2.05, 4.69) is 20.4 Å². The Labute approximate surface area is 178 Å². The van der Waals surface area contributed by atoms with E-state index in [1.165, 1.54) is 43.3 Å². The molecule has 2 heterocycles. The average Bonchev–Trinajstić information content (AvgIpc) is 3.17. The van der Waals surface area contributed by atoms with Gasteiger partial charge in [0.1, 0.15) is 0 Å². The summed E-state index contributed by atoms with van der Waals surface area (Å²) in [5.41, 5.74) is 1.06. The molecule has 158 valence electrons. The van der Waals surface area contributed by atoms with Crippen molar-refractivity contribution in [2.45, 2.75) is 16.2 Å². The zero-order chi connectivity index (χ0) is 21.0. The SMILES string of the molecule is Cc1ccc(NC(=O)CSc2nnc(N3CCOCC3)s2)cc1S(=O)(=O)N(C)C. The number of anilines is 2. The number of carbonyl (C=O) groups excluding carboxylic acids is 1. The van der Waals surface area contributed by atoms with Crippen molar-refractivity contribution in [2.75, 3.05) is 56.4 Å². The zero-order valence-electron chi connectivity index (χ0n) is 16.4. The molecule has 1 aromatic carbocycles. The van der Waals surface area contributed by atoms with Crippen LogP contribution < -0.4 is 10.2 Å². The van der Waals surface area contributed by atoms with E-state index >= 15 is 0 Å². The van der Waals surface area contributed by atoms with Gasteiger partial charge in [-0.05, 0) is 24.6 Å². The number of morpholine rings is 1. The summed E-state index contributed by atoms with van der Waals surface area (Å²) in [7, 11) is -0.630. The van der Waals surface area contributed by atoms with Gasteiger partial charge in [0.05, 0.1) is 23.9 Å². The Hall–Kier alpha value is -1.73. The van der Waals surface area contributed by atoms with Crippen LogP contribution in [-0.2, 0) is 19.6 Å². The van der Waals surface area contributed by atoms with Crippen LogP contribution in [0.2, 0.25) is 0 Å². The summed E-state index contributed by atoms with van der Waals surface area (Å²) < 4.78 is 32.0. The van der Waals surface area contributed by atoms with E-state index in [-0.39, 0.29) is 16.6 Å². The van der Waals surface area contributed by atoms with E-state index in [0.29, 0.717) is 28.8 Å². The van der Waals surface area contributed by atoms with E-state index < -0.39 is 10.0 Å². The third-order valence-corrected chi connectivity index (χ3v) is 8.31. The molecule has 0 bridgehead atoms. The molecule has 1 saturated heterocycles. The van der Waals surface area contributed by atoms with E-state index in [0.717, 1.165) is 22.5 Å². The predicted octanol–water partition coefficient (Wildman–Crippen LogP) is 1.66. The smallest absolute Gasteiger partial charge is 0.242 e. The molecule has 3 rings (SSSR count). The minimum absolute atomic E-state index is 0.154. The molecule has 1 N–H and O–H groups in total. The van der Waals surface area contributed by atoms with Gasteiger partial charge >= 0.3 is 0 Å². The van der Waals surface area contributed by atoms with Crippen molar-refractivity contribution in [1.82, 2.24) is 14.5 Å². The molecule has 9 nitrogen and oxygen atoms in total. The molecule has 1 fully saturated rings. The van der Waals surface area contributed by atoms with Crippen molar-refractivity contribution in [3.05, 3.63) is 23.8 Å². The lowest BCUT2D eigenvalue weighted by molar-refractivity contribution is -0.113. The van der Waals surface area contributed by atoms with Crippen LogP contribution in [0.4, 0.5) is 10.8 Å². The number of carbonyl (C=O) groups is 1. The standard InChI is InChI=1S/C17H23N5O4S3/c1-12-4-5-13(10-14(12)29(24,25)21(2)3)18-15(23)11-27-17-20-19-16(28-17)22-6-8-26-9-7-22/h4-5,10H,6-9,11H2,1-3H3,(H,18,23). The highest BCUT2D eigenvalue weighted by atomic mass is 32.2. The molecule has 0 spiro atoms. The van der Waals surface area contributed by atoms with Gasteiger partial charge in [-0.2, -0.15) is 0 Å². The molecule has 0 radical (unpaired) electrons. The Morgan fingerprint density at radius 3 is 2.72 bits per heavy atom. The Morgan fingerprint density at radius 1 is 1.31 bits per heavy atom. The number of thioether (sulfide) groups is 1. The van der Waals surface area contributed by atoms with Gasteiger partial charge in [0, 0.05) is 32.9 Å².